The van der Waals surface area contributed by atoms with Gasteiger partial charge in [0, 0.05) is 32.4 Å². The molecule has 1 N–H and O–H groups in total. The minimum atomic E-state index is -0.104. The average Bonchev–Trinajstić information content (AvgIpc) is 3.21. The molecule has 2 heterocycles. The third-order valence-electron chi connectivity index (χ3n) is 6.35. The Kier molecular flexibility index (Phi) is 8.25. The summed E-state index contributed by atoms with van der Waals surface area (Å²) in [4.78, 5) is 27.4. The SMILES string of the molecule is O=C(CCC(=O)N1CCC(c2ccccc2)=N1)NCc1cccc(CN2CCCCCC2)c1. The van der Waals surface area contributed by atoms with Crippen LogP contribution in [0, 0.1) is 0 Å². The number of hydrazone groups is 1. The van der Waals surface area contributed by atoms with E-state index in [1.54, 1.807) is 0 Å². The van der Waals surface area contributed by atoms with E-state index in [9.17, 15) is 9.59 Å². The number of hydrogen-bond donors (Lipinski definition) is 1. The van der Waals surface area contributed by atoms with Gasteiger partial charge in [-0.25, -0.2) is 5.01 Å². The molecule has 174 valence electrons. The number of rotatable bonds is 8. The molecule has 6 heteroatoms. The summed E-state index contributed by atoms with van der Waals surface area (Å²) in [7, 11) is 0. The molecule has 33 heavy (non-hydrogen) atoms. The number of carbonyl (C=O) groups is 2. The van der Waals surface area contributed by atoms with Crippen molar-refractivity contribution in [1.82, 2.24) is 15.2 Å². The summed E-state index contributed by atoms with van der Waals surface area (Å²) in [6, 6.07) is 18.4. The van der Waals surface area contributed by atoms with Gasteiger partial charge in [-0.05, 0) is 42.6 Å². The zero-order valence-electron chi connectivity index (χ0n) is 19.3. The summed E-state index contributed by atoms with van der Waals surface area (Å²) >= 11 is 0. The van der Waals surface area contributed by atoms with E-state index in [2.05, 4.69) is 33.5 Å². The minimum Gasteiger partial charge on any atom is -0.352 e. The molecule has 2 aromatic carbocycles. The van der Waals surface area contributed by atoms with Crippen molar-refractivity contribution in [2.75, 3.05) is 19.6 Å². The van der Waals surface area contributed by atoms with Crippen LogP contribution in [0.4, 0.5) is 0 Å². The van der Waals surface area contributed by atoms with Crippen molar-refractivity contribution in [1.29, 1.82) is 0 Å². The predicted molar refractivity (Wildman–Crippen MR) is 131 cm³/mol. The van der Waals surface area contributed by atoms with Crippen molar-refractivity contribution in [2.24, 2.45) is 5.10 Å². The summed E-state index contributed by atoms with van der Waals surface area (Å²) in [5, 5.41) is 8.92. The molecule has 0 unspecified atom stereocenters. The van der Waals surface area contributed by atoms with Crippen LogP contribution in [0.5, 0.6) is 0 Å². The Balaban J connectivity index is 1.20. The number of nitrogens with one attached hydrogen (secondary N) is 1. The van der Waals surface area contributed by atoms with Crippen LogP contribution in [0.1, 0.15) is 61.6 Å². The Bertz CT molecular complexity index is 965. The van der Waals surface area contributed by atoms with E-state index in [0.29, 0.717) is 13.1 Å². The second-order valence-electron chi connectivity index (χ2n) is 8.97. The quantitative estimate of drug-likeness (QED) is 0.664. The van der Waals surface area contributed by atoms with Gasteiger partial charge in [-0.3, -0.25) is 14.5 Å². The first-order valence-corrected chi connectivity index (χ1v) is 12.2. The Hall–Kier alpha value is -2.99. The van der Waals surface area contributed by atoms with Crippen molar-refractivity contribution in [3.8, 4) is 0 Å². The number of likely N-dealkylation sites (tertiary alicyclic amines) is 1. The van der Waals surface area contributed by atoms with E-state index in [1.807, 2.05) is 36.4 Å². The molecule has 1 fully saturated rings. The second-order valence-corrected chi connectivity index (χ2v) is 8.97. The van der Waals surface area contributed by atoms with Crippen LogP contribution in [-0.2, 0) is 22.7 Å². The van der Waals surface area contributed by atoms with E-state index in [4.69, 9.17) is 0 Å². The predicted octanol–water partition coefficient (Wildman–Crippen LogP) is 4.10. The highest BCUT2D eigenvalue weighted by Crippen LogP contribution is 2.16. The van der Waals surface area contributed by atoms with Crippen molar-refractivity contribution in [2.45, 2.75) is 58.0 Å². The van der Waals surface area contributed by atoms with E-state index in [1.165, 1.54) is 49.3 Å². The highest BCUT2D eigenvalue weighted by Gasteiger charge is 2.21. The van der Waals surface area contributed by atoms with E-state index < -0.39 is 0 Å². The summed E-state index contributed by atoms with van der Waals surface area (Å²) < 4.78 is 0. The summed E-state index contributed by atoms with van der Waals surface area (Å²) in [5.74, 6) is -0.205. The van der Waals surface area contributed by atoms with E-state index >= 15 is 0 Å². The molecule has 0 bridgehead atoms. The topological polar surface area (TPSA) is 65.0 Å². The highest BCUT2D eigenvalue weighted by atomic mass is 16.2. The molecule has 0 atom stereocenters. The highest BCUT2D eigenvalue weighted by molar-refractivity contribution is 6.02. The van der Waals surface area contributed by atoms with Gasteiger partial charge in [0.05, 0.1) is 12.3 Å². The molecule has 2 aliphatic rings. The molecule has 0 spiro atoms. The zero-order chi connectivity index (χ0) is 22.9. The van der Waals surface area contributed by atoms with E-state index in [0.717, 1.165) is 29.8 Å². The largest absolute Gasteiger partial charge is 0.352 e. The molecule has 2 aromatic rings. The van der Waals surface area contributed by atoms with Crippen LogP contribution >= 0.6 is 0 Å². The molecule has 1 saturated heterocycles. The molecule has 0 aromatic heterocycles. The molecule has 2 aliphatic heterocycles. The molecule has 0 saturated carbocycles. The number of hydrogen-bond acceptors (Lipinski definition) is 4. The van der Waals surface area contributed by atoms with Crippen LogP contribution < -0.4 is 5.32 Å². The van der Waals surface area contributed by atoms with Gasteiger partial charge in [-0.1, -0.05) is 67.4 Å². The van der Waals surface area contributed by atoms with Crippen LogP contribution in [0.25, 0.3) is 0 Å². The maximum absolute atomic E-state index is 12.5. The van der Waals surface area contributed by atoms with Crippen molar-refractivity contribution < 1.29 is 9.59 Å². The lowest BCUT2D eigenvalue weighted by atomic mass is 10.1. The van der Waals surface area contributed by atoms with Gasteiger partial charge in [-0.2, -0.15) is 5.10 Å². The lowest BCUT2D eigenvalue weighted by molar-refractivity contribution is -0.133. The maximum atomic E-state index is 12.5. The van der Waals surface area contributed by atoms with Crippen LogP contribution in [0.15, 0.2) is 59.7 Å². The fraction of sp³-hybridized carbons (Fsp3) is 0.444. The average molecular weight is 447 g/mol. The normalized spacial score (nSPS) is 16.8. The maximum Gasteiger partial charge on any atom is 0.243 e. The van der Waals surface area contributed by atoms with Gasteiger partial charge in [-0.15, -0.1) is 0 Å². The lowest BCUT2D eigenvalue weighted by Crippen LogP contribution is -2.27. The lowest BCUT2D eigenvalue weighted by Gasteiger charge is -2.20. The molecular formula is C27H34N4O2. The molecule has 6 nitrogen and oxygen atoms in total. The van der Waals surface area contributed by atoms with Gasteiger partial charge in [0.1, 0.15) is 0 Å². The Labute approximate surface area is 196 Å². The fourth-order valence-electron chi connectivity index (χ4n) is 4.50. The van der Waals surface area contributed by atoms with Gasteiger partial charge < -0.3 is 5.32 Å². The Morgan fingerprint density at radius 1 is 0.848 bits per heavy atom. The summed E-state index contributed by atoms with van der Waals surface area (Å²) in [5.41, 5.74) is 4.36. The third-order valence-corrected chi connectivity index (χ3v) is 6.35. The second kappa shape index (κ2) is 11.8. The first kappa shape index (κ1) is 23.2. The minimum absolute atomic E-state index is 0.101. The number of benzene rings is 2. The van der Waals surface area contributed by atoms with E-state index in [-0.39, 0.29) is 24.7 Å². The molecular weight excluding hydrogens is 412 g/mol. The monoisotopic (exact) mass is 446 g/mol. The fourth-order valence-corrected chi connectivity index (χ4v) is 4.50. The van der Waals surface area contributed by atoms with Gasteiger partial charge in [0.2, 0.25) is 11.8 Å². The standard InChI is InChI=1S/C27H34N4O2/c32-26(13-14-27(33)31-18-15-25(29-31)24-11-4-3-5-12-24)28-20-22-9-8-10-23(19-22)21-30-16-6-1-2-7-17-30/h3-5,8-12,19H,1-2,6-7,13-18,20-21H2,(H,28,32). The van der Waals surface area contributed by atoms with Crippen LogP contribution in [0.2, 0.25) is 0 Å². The zero-order valence-corrected chi connectivity index (χ0v) is 19.3. The van der Waals surface area contributed by atoms with Crippen molar-refractivity contribution in [3.63, 3.8) is 0 Å². The van der Waals surface area contributed by atoms with Crippen LogP contribution in [0.3, 0.4) is 0 Å². The first-order valence-electron chi connectivity index (χ1n) is 12.2. The molecule has 0 aliphatic carbocycles. The summed E-state index contributed by atoms with van der Waals surface area (Å²) in [6.45, 7) is 4.37. The number of carbonyl (C=O) groups excluding carboxylic acids is 2. The first-order chi connectivity index (χ1) is 16.2. The molecule has 2 amide bonds. The molecule has 4 rings (SSSR count). The van der Waals surface area contributed by atoms with Gasteiger partial charge >= 0.3 is 0 Å². The van der Waals surface area contributed by atoms with Gasteiger partial charge in [0.25, 0.3) is 0 Å². The van der Waals surface area contributed by atoms with Crippen LogP contribution in [-0.4, -0.2) is 47.1 Å². The Morgan fingerprint density at radius 3 is 2.39 bits per heavy atom. The van der Waals surface area contributed by atoms with Crippen molar-refractivity contribution in [3.05, 3.63) is 71.3 Å². The number of nitrogens with zero attached hydrogens (tertiary/aromatic N) is 3. The number of amides is 2. The summed E-state index contributed by atoms with van der Waals surface area (Å²) in [6.07, 6.45) is 6.34. The van der Waals surface area contributed by atoms with Gasteiger partial charge in [0.15, 0.2) is 0 Å². The smallest absolute Gasteiger partial charge is 0.243 e. The Morgan fingerprint density at radius 2 is 1.61 bits per heavy atom. The molecule has 0 radical (unpaired) electrons. The third kappa shape index (κ3) is 6.99. The van der Waals surface area contributed by atoms with Crippen molar-refractivity contribution >= 4 is 17.5 Å².